The highest BCUT2D eigenvalue weighted by molar-refractivity contribution is 5.76. The van der Waals surface area contributed by atoms with Crippen LogP contribution in [0.25, 0.3) is 0 Å². The van der Waals surface area contributed by atoms with Crippen LogP contribution in [0.15, 0.2) is 48.6 Å². The van der Waals surface area contributed by atoms with Gasteiger partial charge in [0.25, 0.3) is 0 Å². The molecule has 0 saturated heterocycles. The van der Waals surface area contributed by atoms with Crippen molar-refractivity contribution in [2.45, 2.75) is 360 Å². The van der Waals surface area contributed by atoms with Crippen molar-refractivity contribution in [1.82, 2.24) is 5.32 Å². The Labute approximate surface area is 461 Å². The molecule has 2 atom stereocenters. The molecule has 6 heteroatoms. The van der Waals surface area contributed by atoms with Crippen LogP contribution in [0, 0.1) is 0 Å². The molecule has 0 aliphatic rings. The van der Waals surface area contributed by atoms with Crippen molar-refractivity contribution in [3.63, 3.8) is 0 Å². The van der Waals surface area contributed by atoms with Crippen molar-refractivity contribution < 1.29 is 24.5 Å². The Kier molecular flexibility index (Phi) is 61.5. The number of nitrogens with one attached hydrogen (secondary N) is 1. The lowest BCUT2D eigenvalue weighted by Gasteiger charge is -2.22. The molecule has 0 saturated carbocycles. The van der Waals surface area contributed by atoms with E-state index in [2.05, 4.69) is 61.7 Å². The zero-order valence-electron chi connectivity index (χ0n) is 49.6. The van der Waals surface area contributed by atoms with Crippen molar-refractivity contribution in [2.24, 2.45) is 0 Å². The van der Waals surface area contributed by atoms with E-state index in [-0.39, 0.29) is 18.5 Å². The van der Waals surface area contributed by atoms with Crippen molar-refractivity contribution in [2.75, 3.05) is 13.2 Å². The number of unbranched alkanes of at least 4 members (excludes halogenated alkanes) is 42. The summed E-state index contributed by atoms with van der Waals surface area (Å²) in [5.74, 6) is -0.133. The van der Waals surface area contributed by atoms with E-state index in [1.807, 2.05) is 6.08 Å². The first kappa shape index (κ1) is 71.8. The average molecular weight is 1040 g/mol. The molecule has 0 bridgehead atoms. The summed E-state index contributed by atoms with van der Waals surface area (Å²) in [6, 6.07) is -0.588. The molecule has 0 fully saturated rings. The molecule has 6 nitrogen and oxygen atoms in total. The lowest BCUT2D eigenvalue weighted by atomic mass is 10.0. The first-order chi connectivity index (χ1) is 36.5. The summed E-state index contributed by atoms with van der Waals surface area (Å²) in [6.07, 6.45) is 81.4. The molecule has 0 spiro atoms. The predicted molar refractivity (Wildman–Crippen MR) is 324 cm³/mol. The lowest BCUT2D eigenvalue weighted by Crippen LogP contribution is -2.45. The smallest absolute Gasteiger partial charge is 0.305 e. The number of hydrogen-bond donors (Lipinski definition) is 3. The summed E-state index contributed by atoms with van der Waals surface area (Å²) in [7, 11) is 0. The number of allylic oxidation sites excluding steroid dienone is 8. The summed E-state index contributed by atoms with van der Waals surface area (Å²) >= 11 is 0. The van der Waals surface area contributed by atoms with Crippen molar-refractivity contribution >= 4 is 11.9 Å². The molecule has 0 aliphatic carbocycles. The monoisotopic (exact) mass is 1040 g/mol. The third kappa shape index (κ3) is 59.1. The number of esters is 1. The van der Waals surface area contributed by atoms with Crippen LogP contribution < -0.4 is 5.32 Å². The van der Waals surface area contributed by atoms with Gasteiger partial charge in [-0.1, -0.05) is 306 Å². The minimum absolute atomic E-state index is 0.0201. The average Bonchev–Trinajstić information content (AvgIpc) is 3.40. The molecule has 74 heavy (non-hydrogen) atoms. The Balaban J connectivity index is 3.51. The highest BCUT2D eigenvalue weighted by Crippen LogP contribution is 2.18. The van der Waals surface area contributed by atoms with E-state index in [9.17, 15) is 19.8 Å². The van der Waals surface area contributed by atoms with Gasteiger partial charge < -0.3 is 20.3 Å². The first-order valence-corrected chi connectivity index (χ1v) is 32.9. The number of carbonyl (C=O) groups excluding carboxylic acids is 2. The van der Waals surface area contributed by atoms with Crippen LogP contribution in [-0.2, 0) is 14.3 Å². The number of aliphatic hydroxyl groups is 2. The van der Waals surface area contributed by atoms with Crippen LogP contribution in [0.1, 0.15) is 348 Å². The van der Waals surface area contributed by atoms with Crippen LogP contribution in [0.2, 0.25) is 0 Å². The first-order valence-electron chi connectivity index (χ1n) is 32.9. The molecule has 3 N–H and O–H groups in total. The van der Waals surface area contributed by atoms with Gasteiger partial charge in [-0.2, -0.15) is 0 Å². The van der Waals surface area contributed by atoms with Crippen LogP contribution in [0.5, 0.6) is 0 Å². The van der Waals surface area contributed by atoms with Gasteiger partial charge in [0.15, 0.2) is 0 Å². The van der Waals surface area contributed by atoms with E-state index >= 15 is 0 Å². The molecule has 0 aromatic heterocycles. The summed E-state index contributed by atoms with van der Waals surface area (Å²) in [5.41, 5.74) is 0. The Morgan fingerprint density at radius 1 is 0.378 bits per heavy atom. The Hall–Kier alpha value is -2.18. The van der Waals surface area contributed by atoms with Gasteiger partial charge in [-0.05, 0) is 77.0 Å². The Bertz CT molecular complexity index is 1240. The fourth-order valence-corrected chi connectivity index (χ4v) is 10.1. The Morgan fingerprint density at radius 2 is 0.689 bits per heavy atom. The van der Waals surface area contributed by atoms with Crippen LogP contribution in [0.3, 0.4) is 0 Å². The molecule has 0 radical (unpaired) electrons. The quantitative estimate of drug-likeness (QED) is 0.0320. The third-order valence-electron chi connectivity index (χ3n) is 15.1. The molecular weight excluding hydrogens is 911 g/mol. The maximum absolute atomic E-state index is 12.5. The zero-order valence-corrected chi connectivity index (χ0v) is 49.6. The third-order valence-corrected chi connectivity index (χ3v) is 15.1. The number of aliphatic hydroxyl groups excluding tert-OH is 2. The Morgan fingerprint density at radius 3 is 1.08 bits per heavy atom. The number of hydrogen-bond acceptors (Lipinski definition) is 5. The van der Waals surface area contributed by atoms with Crippen LogP contribution >= 0.6 is 0 Å². The van der Waals surface area contributed by atoms with Gasteiger partial charge in [0.2, 0.25) is 5.91 Å². The van der Waals surface area contributed by atoms with E-state index in [1.165, 1.54) is 250 Å². The lowest BCUT2D eigenvalue weighted by molar-refractivity contribution is -0.143. The van der Waals surface area contributed by atoms with Crippen molar-refractivity contribution in [3.8, 4) is 0 Å². The van der Waals surface area contributed by atoms with Gasteiger partial charge >= 0.3 is 5.97 Å². The zero-order chi connectivity index (χ0) is 53.6. The largest absolute Gasteiger partial charge is 0.466 e. The van der Waals surface area contributed by atoms with E-state index < -0.39 is 12.1 Å². The SMILES string of the molecule is CCCCC/C=C\C/C=C\CCCCCCCCCCCC(=O)OCCCCCCCC/C=C\C/C=C\CCC(=O)NC(CO)C(O)CCCCCCCCCCCCCCCCCCCCCCCCCCC. The van der Waals surface area contributed by atoms with Crippen LogP contribution in [0.4, 0.5) is 0 Å². The summed E-state index contributed by atoms with van der Waals surface area (Å²) in [5, 5.41) is 23.3. The minimum Gasteiger partial charge on any atom is -0.466 e. The molecule has 0 aromatic rings. The number of rotatable bonds is 61. The van der Waals surface area contributed by atoms with Gasteiger partial charge in [-0.15, -0.1) is 0 Å². The highest BCUT2D eigenvalue weighted by atomic mass is 16.5. The van der Waals surface area contributed by atoms with Gasteiger partial charge in [0.1, 0.15) is 0 Å². The van der Waals surface area contributed by atoms with Gasteiger partial charge in [0, 0.05) is 12.8 Å². The second-order valence-corrected chi connectivity index (χ2v) is 22.4. The second kappa shape index (κ2) is 63.4. The van der Waals surface area contributed by atoms with E-state index in [1.54, 1.807) is 0 Å². The fraction of sp³-hybridized carbons (Fsp3) is 0.853. The van der Waals surface area contributed by atoms with Gasteiger partial charge in [0.05, 0.1) is 25.4 Å². The molecule has 0 rings (SSSR count). The maximum Gasteiger partial charge on any atom is 0.305 e. The molecule has 2 unspecified atom stereocenters. The van der Waals surface area contributed by atoms with Gasteiger partial charge in [-0.3, -0.25) is 9.59 Å². The summed E-state index contributed by atoms with van der Waals surface area (Å²) < 4.78 is 5.48. The highest BCUT2D eigenvalue weighted by Gasteiger charge is 2.20. The van der Waals surface area contributed by atoms with Gasteiger partial charge in [-0.25, -0.2) is 0 Å². The molecule has 0 aliphatic heterocycles. The fourth-order valence-electron chi connectivity index (χ4n) is 10.1. The number of ether oxygens (including phenoxy) is 1. The summed E-state index contributed by atoms with van der Waals surface area (Å²) in [4.78, 5) is 24.6. The van der Waals surface area contributed by atoms with Crippen molar-refractivity contribution in [1.29, 1.82) is 0 Å². The number of carbonyl (C=O) groups is 2. The molecular formula is C68H127NO5. The van der Waals surface area contributed by atoms with Crippen LogP contribution in [-0.4, -0.2) is 47.4 Å². The predicted octanol–water partition coefficient (Wildman–Crippen LogP) is 20.9. The van der Waals surface area contributed by atoms with Crippen molar-refractivity contribution in [3.05, 3.63) is 48.6 Å². The maximum atomic E-state index is 12.5. The molecule has 0 heterocycles. The standard InChI is InChI=1S/C68H127NO5/c1-3-5-7-9-11-13-15-17-19-21-23-24-25-26-27-28-30-31-33-36-40-44-48-52-56-60-66(71)65(64-70)69-67(72)61-57-53-49-45-41-37-35-39-43-47-51-55-59-63-74-68(73)62-58-54-50-46-42-38-34-32-29-22-20-18-16-14-12-10-8-6-4-2/h12,14,18,20,37,41,49,53,65-66,70-71H,3-11,13,15-17,19,21-36,38-40,42-48,50-52,54-64H2,1-2H3,(H,69,72)/b14-12-,20-18-,41-37-,53-49-. The molecule has 1 amide bonds. The van der Waals surface area contributed by atoms with E-state index in [0.717, 1.165) is 57.8 Å². The second-order valence-electron chi connectivity index (χ2n) is 22.4. The van der Waals surface area contributed by atoms with E-state index in [0.29, 0.717) is 32.3 Å². The minimum atomic E-state index is -0.702. The normalized spacial score (nSPS) is 12.9. The topological polar surface area (TPSA) is 95.9 Å². The molecule has 0 aromatic carbocycles. The van der Waals surface area contributed by atoms with E-state index in [4.69, 9.17) is 4.74 Å². The molecule has 434 valence electrons. The number of amides is 1. The summed E-state index contributed by atoms with van der Waals surface area (Å²) in [6.45, 7) is 4.89.